The fraction of sp³-hybridized carbons (Fsp3) is 0.533. The summed E-state index contributed by atoms with van der Waals surface area (Å²) in [6.45, 7) is 3.78. The highest BCUT2D eigenvalue weighted by Crippen LogP contribution is 2.32. The molecule has 1 aliphatic heterocycles. The molecular formula is C15H22N2O2. The van der Waals surface area contributed by atoms with Crippen molar-refractivity contribution in [1.29, 1.82) is 0 Å². The number of hydrogen-bond donors (Lipinski definition) is 2. The van der Waals surface area contributed by atoms with Crippen LogP contribution in [0.15, 0.2) is 30.3 Å². The van der Waals surface area contributed by atoms with Gasteiger partial charge in [0.2, 0.25) is 0 Å². The van der Waals surface area contributed by atoms with E-state index in [-0.39, 0.29) is 11.9 Å². The second-order valence-electron chi connectivity index (χ2n) is 5.01. The highest BCUT2D eigenvalue weighted by molar-refractivity contribution is 5.85. The molecule has 0 amide bonds. The number of ether oxygens (including phenoxy) is 1. The number of para-hydroxylation sites is 1. The molecule has 1 aromatic carbocycles. The Balaban J connectivity index is 2.31. The van der Waals surface area contributed by atoms with E-state index < -0.39 is 5.54 Å². The monoisotopic (exact) mass is 262 g/mol. The van der Waals surface area contributed by atoms with Crippen LogP contribution in [-0.2, 0) is 9.53 Å². The first kappa shape index (κ1) is 13.9. The van der Waals surface area contributed by atoms with Crippen LogP contribution in [0.3, 0.4) is 0 Å². The average Bonchev–Trinajstić information content (AvgIpc) is 2.47. The number of rotatable bonds is 4. The van der Waals surface area contributed by atoms with Gasteiger partial charge in [0.15, 0.2) is 0 Å². The molecule has 1 saturated heterocycles. The topological polar surface area (TPSA) is 50.4 Å². The summed E-state index contributed by atoms with van der Waals surface area (Å²) in [5.41, 5.74) is 0.351. The Hall–Kier alpha value is -1.55. The lowest BCUT2D eigenvalue weighted by Gasteiger charge is -2.43. The van der Waals surface area contributed by atoms with Crippen LogP contribution in [0, 0.1) is 5.92 Å². The zero-order valence-electron chi connectivity index (χ0n) is 11.6. The average molecular weight is 262 g/mol. The van der Waals surface area contributed by atoms with Gasteiger partial charge >= 0.3 is 5.97 Å². The number of methoxy groups -OCH3 is 1. The van der Waals surface area contributed by atoms with Crippen molar-refractivity contribution in [1.82, 2.24) is 5.32 Å². The smallest absolute Gasteiger partial charge is 0.331 e. The number of piperidine rings is 1. The Bertz CT molecular complexity index is 421. The Morgan fingerprint density at radius 1 is 1.47 bits per heavy atom. The van der Waals surface area contributed by atoms with Gasteiger partial charge in [-0.25, -0.2) is 4.79 Å². The van der Waals surface area contributed by atoms with Gasteiger partial charge in [-0.1, -0.05) is 25.1 Å². The molecule has 1 fully saturated rings. The van der Waals surface area contributed by atoms with Gasteiger partial charge in [-0.3, -0.25) is 0 Å². The van der Waals surface area contributed by atoms with Crippen LogP contribution >= 0.6 is 0 Å². The van der Waals surface area contributed by atoms with Gasteiger partial charge in [0, 0.05) is 18.2 Å². The van der Waals surface area contributed by atoms with Crippen molar-refractivity contribution in [3.8, 4) is 0 Å². The first-order chi connectivity index (χ1) is 9.23. The molecule has 1 heterocycles. The standard InChI is InChI=1S/C15H22N2O2/c1-3-12-11-16-10-9-15(12,14(18)19-2)17-13-7-5-4-6-8-13/h4-8,12,16-17H,3,9-11H2,1-2H3. The lowest BCUT2D eigenvalue weighted by atomic mass is 9.76. The van der Waals surface area contributed by atoms with Gasteiger partial charge < -0.3 is 15.4 Å². The van der Waals surface area contributed by atoms with Gasteiger partial charge in [0.05, 0.1) is 7.11 Å². The van der Waals surface area contributed by atoms with Crippen molar-refractivity contribution in [3.05, 3.63) is 30.3 Å². The van der Waals surface area contributed by atoms with E-state index in [1.807, 2.05) is 30.3 Å². The third-order valence-electron chi connectivity index (χ3n) is 3.97. The minimum absolute atomic E-state index is 0.162. The molecule has 0 bridgehead atoms. The van der Waals surface area contributed by atoms with Crippen molar-refractivity contribution in [2.75, 3.05) is 25.5 Å². The Kier molecular flexibility index (Phi) is 4.43. The van der Waals surface area contributed by atoms with E-state index in [1.54, 1.807) is 0 Å². The highest BCUT2D eigenvalue weighted by atomic mass is 16.5. The summed E-state index contributed by atoms with van der Waals surface area (Å²) in [6.07, 6.45) is 1.68. The van der Waals surface area contributed by atoms with E-state index in [2.05, 4.69) is 17.6 Å². The number of carbonyl (C=O) groups is 1. The summed E-state index contributed by atoms with van der Waals surface area (Å²) in [7, 11) is 1.46. The fourth-order valence-electron chi connectivity index (χ4n) is 2.88. The van der Waals surface area contributed by atoms with E-state index in [1.165, 1.54) is 7.11 Å². The molecule has 4 heteroatoms. The molecule has 2 atom stereocenters. The summed E-state index contributed by atoms with van der Waals surface area (Å²) in [5.74, 6) is 0.0682. The highest BCUT2D eigenvalue weighted by Gasteiger charge is 2.47. The normalized spacial score (nSPS) is 26.7. The Morgan fingerprint density at radius 3 is 2.84 bits per heavy atom. The number of anilines is 1. The van der Waals surface area contributed by atoms with E-state index in [0.717, 1.165) is 31.6 Å². The van der Waals surface area contributed by atoms with Gasteiger partial charge in [-0.2, -0.15) is 0 Å². The molecule has 4 nitrogen and oxygen atoms in total. The van der Waals surface area contributed by atoms with E-state index in [4.69, 9.17) is 4.74 Å². The van der Waals surface area contributed by atoms with Crippen LogP contribution in [0.4, 0.5) is 5.69 Å². The summed E-state index contributed by atoms with van der Waals surface area (Å²) in [5, 5.41) is 6.79. The molecule has 2 N–H and O–H groups in total. The third-order valence-corrected chi connectivity index (χ3v) is 3.97. The zero-order valence-corrected chi connectivity index (χ0v) is 11.6. The molecule has 2 rings (SSSR count). The number of carbonyl (C=O) groups excluding carboxylic acids is 1. The zero-order chi connectivity index (χ0) is 13.7. The van der Waals surface area contributed by atoms with Crippen molar-refractivity contribution < 1.29 is 9.53 Å². The molecular weight excluding hydrogens is 240 g/mol. The van der Waals surface area contributed by atoms with Crippen LogP contribution in [0.2, 0.25) is 0 Å². The molecule has 19 heavy (non-hydrogen) atoms. The van der Waals surface area contributed by atoms with Crippen LogP contribution < -0.4 is 10.6 Å². The van der Waals surface area contributed by atoms with Crippen LogP contribution in [0.5, 0.6) is 0 Å². The Labute approximate surface area is 114 Å². The maximum Gasteiger partial charge on any atom is 0.331 e. The summed E-state index contributed by atoms with van der Waals surface area (Å²) in [6, 6.07) is 9.87. The second-order valence-corrected chi connectivity index (χ2v) is 5.01. The second kappa shape index (κ2) is 6.06. The first-order valence-electron chi connectivity index (χ1n) is 6.85. The summed E-state index contributed by atoms with van der Waals surface area (Å²) >= 11 is 0. The molecule has 2 unspecified atom stereocenters. The predicted molar refractivity (Wildman–Crippen MR) is 76.1 cm³/mol. The first-order valence-corrected chi connectivity index (χ1v) is 6.85. The SMILES string of the molecule is CCC1CNCCC1(Nc1ccccc1)C(=O)OC. The van der Waals surface area contributed by atoms with Crippen molar-refractivity contribution in [3.63, 3.8) is 0 Å². The maximum absolute atomic E-state index is 12.3. The summed E-state index contributed by atoms with van der Waals surface area (Å²) in [4.78, 5) is 12.3. The Morgan fingerprint density at radius 2 is 2.21 bits per heavy atom. The predicted octanol–water partition coefficient (Wildman–Crippen LogP) is 2.03. The molecule has 0 aliphatic carbocycles. The van der Waals surface area contributed by atoms with Gasteiger partial charge in [0.25, 0.3) is 0 Å². The maximum atomic E-state index is 12.3. The molecule has 1 aromatic rings. The molecule has 0 radical (unpaired) electrons. The van der Waals surface area contributed by atoms with Gasteiger partial charge in [0.1, 0.15) is 5.54 Å². The molecule has 0 saturated carbocycles. The number of nitrogens with one attached hydrogen (secondary N) is 2. The summed E-state index contributed by atoms with van der Waals surface area (Å²) < 4.78 is 5.07. The third kappa shape index (κ3) is 2.73. The number of benzene rings is 1. The van der Waals surface area contributed by atoms with E-state index >= 15 is 0 Å². The van der Waals surface area contributed by atoms with Crippen molar-refractivity contribution in [2.24, 2.45) is 5.92 Å². The molecule has 0 spiro atoms. The van der Waals surface area contributed by atoms with Crippen molar-refractivity contribution in [2.45, 2.75) is 25.3 Å². The lowest BCUT2D eigenvalue weighted by molar-refractivity contribution is -0.149. The minimum Gasteiger partial charge on any atom is -0.467 e. The molecule has 1 aliphatic rings. The fourth-order valence-corrected chi connectivity index (χ4v) is 2.88. The van der Waals surface area contributed by atoms with Crippen LogP contribution in [0.1, 0.15) is 19.8 Å². The van der Waals surface area contributed by atoms with E-state index in [9.17, 15) is 4.79 Å². The molecule has 0 aromatic heterocycles. The quantitative estimate of drug-likeness (QED) is 0.815. The molecule has 104 valence electrons. The van der Waals surface area contributed by atoms with Crippen LogP contribution in [-0.4, -0.2) is 31.7 Å². The number of hydrogen-bond acceptors (Lipinski definition) is 4. The van der Waals surface area contributed by atoms with Crippen molar-refractivity contribution >= 4 is 11.7 Å². The number of esters is 1. The largest absolute Gasteiger partial charge is 0.467 e. The van der Waals surface area contributed by atoms with Gasteiger partial charge in [-0.15, -0.1) is 0 Å². The minimum atomic E-state index is -0.615. The lowest BCUT2D eigenvalue weighted by Crippen LogP contribution is -2.60. The van der Waals surface area contributed by atoms with Crippen LogP contribution in [0.25, 0.3) is 0 Å². The van der Waals surface area contributed by atoms with E-state index in [0.29, 0.717) is 0 Å². The van der Waals surface area contributed by atoms with Gasteiger partial charge in [-0.05, 0) is 31.5 Å².